The maximum Gasteiger partial charge on any atom is 0.361 e. The van der Waals surface area contributed by atoms with E-state index in [0.29, 0.717) is 22.3 Å². The summed E-state index contributed by atoms with van der Waals surface area (Å²) in [4.78, 5) is 24.9. The van der Waals surface area contributed by atoms with E-state index in [9.17, 15) is 9.59 Å². The molecule has 0 aliphatic heterocycles. The van der Waals surface area contributed by atoms with Crippen LogP contribution in [0.15, 0.2) is 36.7 Å². The number of hydrogen-bond donors (Lipinski definition) is 1. The van der Waals surface area contributed by atoms with Gasteiger partial charge in [0, 0.05) is 18.9 Å². The van der Waals surface area contributed by atoms with E-state index in [1.165, 1.54) is 15.4 Å². The average Bonchev–Trinajstić information content (AvgIpc) is 3.34. The Bertz CT molecular complexity index is 1070. The number of nitrogens with zero attached hydrogens (tertiary/aromatic N) is 4. The molecule has 0 saturated heterocycles. The van der Waals surface area contributed by atoms with Gasteiger partial charge in [0.25, 0.3) is 5.91 Å². The third kappa shape index (κ3) is 5.56. The predicted octanol–water partition coefficient (Wildman–Crippen LogP) is 4.26. The van der Waals surface area contributed by atoms with E-state index < -0.39 is 11.9 Å². The van der Waals surface area contributed by atoms with Gasteiger partial charge in [-0.05, 0) is 39.0 Å². The Kier molecular flexibility index (Phi) is 7.19. The molecule has 31 heavy (non-hydrogen) atoms. The van der Waals surface area contributed by atoms with Crippen molar-refractivity contribution in [3.8, 4) is 5.75 Å². The fraction of sp³-hybridized carbons (Fsp3) is 0.300. The quantitative estimate of drug-likeness (QED) is 0.498. The fourth-order valence-corrected chi connectivity index (χ4v) is 3.09. The highest BCUT2D eigenvalue weighted by Crippen LogP contribution is 2.32. The van der Waals surface area contributed by atoms with Crippen molar-refractivity contribution in [1.82, 2.24) is 19.6 Å². The summed E-state index contributed by atoms with van der Waals surface area (Å²) in [5.74, 6) is -0.801. The number of aryl methyl sites for hydroxylation is 1. The van der Waals surface area contributed by atoms with E-state index in [1.807, 2.05) is 6.92 Å². The van der Waals surface area contributed by atoms with Crippen LogP contribution in [0.3, 0.4) is 0 Å². The maximum absolute atomic E-state index is 12.6. The Morgan fingerprint density at radius 1 is 1.13 bits per heavy atom. The zero-order valence-corrected chi connectivity index (χ0v) is 18.6. The summed E-state index contributed by atoms with van der Waals surface area (Å²) in [6, 6.07) is 6.54. The van der Waals surface area contributed by atoms with Gasteiger partial charge in [0.05, 0.1) is 21.8 Å². The zero-order valence-electron chi connectivity index (χ0n) is 17.1. The number of halogens is 2. The smallest absolute Gasteiger partial charge is 0.361 e. The van der Waals surface area contributed by atoms with Gasteiger partial charge in [-0.15, -0.1) is 0 Å². The first kappa shape index (κ1) is 22.6. The van der Waals surface area contributed by atoms with E-state index in [2.05, 4.69) is 15.5 Å². The minimum absolute atomic E-state index is 0.00351. The molecule has 0 radical (unpaired) electrons. The summed E-state index contributed by atoms with van der Waals surface area (Å²) in [5.41, 5.74) is 0.396. The minimum atomic E-state index is -0.618. The van der Waals surface area contributed by atoms with Crippen molar-refractivity contribution in [1.29, 1.82) is 0 Å². The highest BCUT2D eigenvalue weighted by Gasteiger charge is 2.22. The number of carbonyl (C=O) groups excluding carboxylic acids is 2. The number of para-hydroxylation sites is 1. The summed E-state index contributed by atoms with van der Waals surface area (Å²) in [6.07, 6.45) is 2.82. The fourth-order valence-electron chi connectivity index (χ4n) is 2.59. The number of benzene rings is 1. The van der Waals surface area contributed by atoms with Crippen LogP contribution < -0.4 is 10.1 Å². The lowest BCUT2D eigenvalue weighted by Crippen LogP contribution is -2.18. The van der Waals surface area contributed by atoms with E-state index >= 15 is 0 Å². The molecular formula is C20H21Cl2N5O4. The van der Waals surface area contributed by atoms with Gasteiger partial charge in [0.1, 0.15) is 0 Å². The zero-order chi connectivity index (χ0) is 22.5. The molecule has 0 aliphatic carbocycles. The summed E-state index contributed by atoms with van der Waals surface area (Å²) < 4.78 is 13.7. The van der Waals surface area contributed by atoms with Gasteiger partial charge in [0.15, 0.2) is 23.9 Å². The topological polar surface area (TPSA) is 100 Å². The molecule has 164 valence electrons. The molecule has 0 spiro atoms. The van der Waals surface area contributed by atoms with Crippen molar-refractivity contribution in [2.24, 2.45) is 0 Å². The molecule has 0 bridgehead atoms. The van der Waals surface area contributed by atoms with Gasteiger partial charge < -0.3 is 14.8 Å². The average molecular weight is 466 g/mol. The van der Waals surface area contributed by atoms with Gasteiger partial charge in [-0.1, -0.05) is 29.3 Å². The van der Waals surface area contributed by atoms with Gasteiger partial charge in [-0.25, -0.2) is 9.48 Å². The van der Waals surface area contributed by atoms with Crippen LogP contribution in [0.5, 0.6) is 5.75 Å². The van der Waals surface area contributed by atoms with Crippen LogP contribution in [-0.4, -0.2) is 37.5 Å². The largest absolute Gasteiger partial charge is 0.468 e. The number of anilines is 1. The molecular weight excluding hydrogens is 445 g/mol. The van der Waals surface area contributed by atoms with E-state index in [-0.39, 0.29) is 29.9 Å². The number of aromatic nitrogens is 4. The predicted molar refractivity (Wildman–Crippen MR) is 116 cm³/mol. The summed E-state index contributed by atoms with van der Waals surface area (Å²) in [7, 11) is 0. The second-order valence-corrected chi connectivity index (χ2v) is 7.53. The molecule has 1 aromatic carbocycles. The molecule has 0 fully saturated rings. The molecule has 3 rings (SSSR count). The number of nitrogens with one attached hydrogen (secondary N) is 1. The van der Waals surface area contributed by atoms with Gasteiger partial charge in [-0.2, -0.15) is 10.2 Å². The number of esters is 1. The number of rotatable bonds is 8. The van der Waals surface area contributed by atoms with Crippen molar-refractivity contribution < 1.29 is 19.1 Å². The number of amides is 1. The number of hydrogen-bond acceptors (Lipinski definition) is 6. The van der Waals surface area contributed by atoms with Crippen LogP contribution in [0.2, 0.25) is 10.0 Å². The Hall–Kier alpha value is -3.04. The van der Waals surface area contributed by atoms with Crippen molar-refractivity contribution in [3.63, 3.8) is 0 Å². The summed E-state index contributed by atoms with van der Waals surface area (Å²) in [6.45, 7) is 5.85. The third-order valence-electron chi connectivity index (χ3n) is 4.00. The van der Waals surface area contributed by atoms with Crippen molar-refractivity contribution in [2.45, 2.75) is 40.2 Å². The van der Waals surface area contributed by atoms with Crippen LogP contribution in [-0.2, 0) is 18.0 Å². The molecule has 9 nitrogen and oxygen atoms in total. The molecule has 0 saturated carbocycles. The Morgan fingerprint density at radius 3 is 2.48 bits per heavy atom. The van der Waals surface area contributed by atoms with E-state index in [1.54, 1.807) is 44.4 Å². The molecule has 1 amide bonds. The third-order valence-corrected chi connectivity index (χ3v) is 4.60. The van der Waals surface area contributed by atoms with Crippen LogP contribution in [0, 0.1) is 0 Å². The SMILES string of the molecule is CCn1cc(NC(=O)c2ccn(COc3c(Cl)cccc3Cl)n2)c(C(=O)OC(C)C)n1. The molecule has 1 N–H and O–H groups in total. The minimum Gasteiger partial charge on any atom is -0.468 e. The summed E-state index contributed by atoms with van der Waals surface area (Å²) in [5, 5.41) is 11.7. The van der Waals surface area contributed by atoms with Gasteiger partial charge >= 0.3 is 5.97 Å². The van der Waals surface area contributed by atoms with Crippen molar-refractivity contribution in [3.05, 3.63) is 58.1 Å². The highest BCUT2D eigenvalue weighted by atomic mass is 35.5. The molecule has 2 heterocycles. The van der Waals surface area contributed by atoms with Crippen molar-refractivity contribution in [2.75, 3.05) is 5.32 Å². The lowest BCUT2D eigenvalue weighted by molar-refractivity contribution is 0.0371. The van der Waals surface area contributed by atoms with Gasteiger partial charge in [0.2, 0.25) is 0 Å². The second-order valence-electron chi connectivity index (χ2n) is 6.72. The first-order valence-electron chi connectivity index (χ1n) is 9.48. The molecule has 11 heteroatoms. The van der Waals surface area contributed by atoms with Crippen molar-refractivity contribution >= 4 is 40.8 Å². The molecule has 0 atom stereocenters. The Labute approximate surface area is 188 Å². The van der Waals surface area contributed by atoms with E-state index in [0.717, 1.165) is 0 Å². The van der Waals surface area contributed by atoms with Crippen LogP contribution in [0.4, 0.5) is 5.69 Å². The monoisotopic (exact) mass is 465 g/mol. The van der Waals surface area contributed by atoms with Gasteiger partial charge in [-0.3, -0.25) is 9.48 Å². The van der Waals surface area contributed by atoms with Crippen LogP contribution in [0.25, 0.3) is 0 Å². The normalized spacial score (nSPS) is 10.9. The molecule has 3 aromatic rings. The molecule has 0 aliphatic rings. The number of ether oxygens (including phenoxy) is 2. The van der Waals surface area contributed by atoms with E-state index in [4.69, 9.17) is 32.7 Å². The molecule has 0 unspecified atom stereocenters. The van der Waals surface area contributed by atoms with Crippen LogP contribution >= 0.6 is 23.2 Å². The Morgan fingerprint density at radius 2 is 1.84 bits per heavy atom. The first-order valence-corrected chi connectivity index (χ1v) is 10.2. The summed E-state index contributed by atoms with van der Waals surface area (Å²) >= 11 is 12.2. The Balaban J connectivity index is 1.70. The maximum atomic E-state index is 12.6. The molecule has 2 aromatic heterocycles. The number of carbonyl (C=O) groups is 2. The second kappa shape index (κ2) is 9.84. The lowest BCUT2D eigenvalue weighted by atomic mass is 10.3. The van der Waals surface area contributed by atoms with Crippen LogP contribution in [0.1, 0.15) is 41.7 Å². The highest BCUT2D eigenvalue weighted by molar-refractivity contribution is 6.37. The standard InChI is InChI=1S/C20H21Cl2N5O4/c1-4-26-10-16(17(25-26)20(29)31-12(2)3)23-19(28)15-8-9-27(24-15)11-30-18-13(21)6-5-7-14(18)22/h5-10,12H,4,11H2,1-3H3,(H,23,28). The lowest BCUT2D eigenvalue weighted by Gasteiger charge is -2.09. The first-order chi connectivity index (χ1) is 14.8.